The van der Waals surface area contributed by atoms with Crippen molar-refractivity contribution in [3.63, 3.8) is 0 Å². The fourth-order valence-corrected chi connectivity index (χ4v) is 2.44. The van der Waals surface area contributed by atoms with Crippen LogP contribution in [0.2, 0.25) is 0 Å². The maximum atomic E-state index is 13.3. The van der Waals surface area contributed by atoms with Crippen LogP contribution in [0.5, 0.6) is 0 Å². The van der Waals surface area contributed by atoms with Crippen molar-refractivity contribution in [1.29, 1.82) is 0 Å². The average molecular weight is 308 g/mol. The van der Waals surface area contributed by atoms with Crippen molar-refractivity contribution in [3.05, 3.63) is 35.1 Å². The maximum Gasteiger partial charge on any atom is 0.411 e. The van der Waals surface area contributed by atoms with Gasteiger partial charge in [-0.1, -0.05) is 6.07 Å². The van der Waals surface area contributed by atoms with Crippen LogP contribution >= 0.6 is 0 Å². The van der Waals surface area contributed by atoms with Gasteiger partial charge >= 0.3 is 6.09 Å². The van der Waals surface area contributed by atoms with Gasteiger partial charge in [-0.3, -0.25) is 9.69 Å². The Morgan fingerprint density at radius 2 is 2.09 bits per heavy atom. The van der Waals surface area contributed by atoms with Gasteiger partial charge in [0, 0.05) is 13.1 Å². The lowest BCUT2D eigenvalue weighted by Gasteiger charge is -2.36. The Bertz CT molecular complexity index is 596. The number of hydrogen-bond donors (Lipinski definition) is 1. The summed E-state index contributed by atoms with van der Waals surface area (Å²) in [5.41, 5.74) is 0.577. The number of amides is 2. The molecule has 1 aliphatic heterocycles. The van der Waals surface area contributed by atoms with Crippen LogP contribution in [0.4, 0.5) is 9.18 Å². The number of carbonyl (C=O) groups is 2. The third kappa shape index (κ3) is 3.55. The zero-order chi connectivity index (χ0) is 16.5. The van der Waals surface area contributed by atoms with Crippen LogP contribution in [0.15, 0.2) is 18.2 Å². The third-order valence-electron chi connectivity index (χ3n) is 3.37. The van der Waals surface area contributed by atoms with Crippen molar-refractivity contribution < 1.29 is 18.7 Å². The molecule has 1 aromatic carbocycles. The molecule has 5 nitrogen and oxygen atoms in total. The van der Waals surface area contributed by atoms with E-state index in [2.05, 4.69) is 5.32 Å². The maximum absolute atomic E-state index is 13.3. The average Bonchev–Trinajstić information content (AvgIpc) is 2.37. The van der Waals surface area contributed by atoms with E-state index in [-0.39, 0.29) is 11.7 Å². The van der Waals surface area contributed by atoms with E-state index in [1.807, 2.05) is 0 Å². The van der Waals surface area contributed by atoms with E-state index < -0.39 is 17.7 Å². The monoisotopic (exact) mass is 308 g/mol. The summed E-state index contributed by atoms with van der Waals surface area (Å²) < 4.78 is 18.7. The summed E-state index contributed by atoms with van der Waals surface area (Å²) in [5.74, 6) is -0.659. The summed E-state index contributed by atoms with van der Waals surface area (Å²) in [6.45, 7) is 7.75. The van der Waals surface area contributed by atoms with E-state index >= 15 is 0 Å². The summed E-state index contributed by atoms with van der Waals surface area (Å²) in [6.07, 6.45) is -0.545. The molecule has 1 saturated heterocycles. The van der Waals surface area contributed by atoms with E-state index in [0.717, 1.165) is 0 Å². The first-order chi connectivity index (χ1) is 10.2. The number of nitrogens with zero attached hydrogens (tertiary/aromatic N) is 1. The van der Waals surface area contributed by atoms with Crippen molar-refractivity contribution in [2.75, 3.05) is 13.1 Å². The van der Waals surface area contributed by atoms with Gasteiger partial charge in [0.25, 0.3) is 0 Å². The van der Waals surface area contributed by atoms with Gasteiger partial charge in [0.1, 0.15) is 17.5 Å². The molecule has 1 N–H and O–H groups in total. The van der Waals surface area contributed by atoms with E-state index in [4.69, 9.17) is 4.74 Å². The molecule has 22 heavy (non-hydrogen) atoms. The second-order valence-corrected chi connectivity index (χ2v) is 6.37. The minimum Gasteiger partial charge on any atom is -0.444 e. The van der Waals surface area contributed by atoms with Gasteiger partial charge < -0.3 is 10.1 Å². The van der Waals surface area contributed by atoms with Crippen LogP contribution in [0, 0.1) is 12.7 Å². The lowest BCUT2D eigenvalue weighted by molar-refractivity contribution is -0.129. The smallest absolute Gasteiger partial charge is 0.411 e. The first-order valence-corrected chi connectivity index (χ1v) is 7.22. The predicted octanol–water partition coefficient (Wildman–Crippen LogP) is 2.54. The highest BCUT2D eigenvalue weighted by molar-refractivity contribution is 5.88. The van der Waals surface area contributed by atoms with E-state index in [0.29, 0.717) is 24.2 Å². The lowest BCUT2D eigenvalue weighted by Crippen LogP contribution is -2.53. The molecule has 120 valence electrons. The van der Waals surface area contributed by atoms with Crippen LogP contribution in [-0.2, 0) is 9.53 Å². The number of carbonyl (C=O) groups excluding carboxylic acids is 2. The second kappa shape index (κ2) is 5.94. The molecule has 1 unspecified atom stereocenters. The molecule has 0 saturated carbocycles. The molecule has 0 radical (unpaired) electrons. The predicted molar refractivity (Wildman–Crippen MR) is 79.8 cm³/mol. The van der Waals surface area contributed by atoms with Crippen molar-refractivity contribution in [3.8, 4) is 0 Å². The summed E-state index contributed by atoms with van der Waals surface area (Å²) in [4.78, 5) is 26.0. The van der Waals surface area contributed by atoms with Crippen LogP contribution < -0.4 is 5.32 Å². The molecule has 6 heteroatoms. The van der Waals surface area contributed by atoms with Gasteiger partial charge in [-0.05, 0) is 51.0 Å². The molecule has 0 spiro atoms. The van der Waals surface area contributed by atoms with Crippen LogP contribution in [0.25, 0.3) is 0 Å². The molecular formula is C16H21FN2O3. The molecule has 1 atom stereocenters. The van der Waals surface area contributed by atoms with Gasteiger partial charge in [0.15, 0.2) is 0 Å². The van der Waals surface area contributed by atoms with Gasteiger partial charge in [-0.2, -0.15) is 0 Å². The Kier molecular flexibility index (Phi) is 4.39. The third-order valence-corrected chi connectivity index (χ3v) is 3.37. The number of piperazine rings is 1. The van der Waals surface area contributed by atoms with Crippen LogP contribution in [0.1, 0.15) is 37.9 Å². The van der Waals surface area contributed by atoms with Gasteiger partial charge in [-0.25, -0.2) is 9.18 Å². The lowest BCUT2D eigenvalue weighted by atomic mass is 9.98. The van der Waals surface area contributed by atoms with Gasteiger partial charge in [-0.15, -0.1) is 0 Å². The Hall–Kier alpha value is -2.11. The Labute approximate surface area is 129 Å². The number of nitrogens with one attached hydrogen (secondary N) is 1. The highest BCUT2D eigenvalue weighted by Gasteiger charge is 2.37. The number of benzene rings is 1. The molecule has 2 amide bonds. The standard InChI is InChI=1S/C16H21FN2O3/c1-10-9-11(17)5-6-12(10)13-14(20)18-7-8-19(13)15(21)22-16(2,3)4/h5-6,9,13H,7-8H2,1-4H3,(H,18,20). The van der Waals surface area contributed by atoms with Crippen LogP contribution in [-0.4, -0.2) is 35.6 Å². The topological polar surface area (TPSA) is 58.6 Å². The molecule has 1 aliphatic rings. The first kappa shape index (κ1) is 16.3. The highest BCUT2D eigenvalue weighted by atomic mass is 19.1. The SMILES string of the molecule is Cc1cc(F)ccc1C1C(=O)NCCN1C(=O)OC(C)(C)C. The minimum absolute atomic E-state index is 0.285. The van der Waals surface area contributed by atoms with E-state index in [9.17, 15) is 14.0 Å². The molecule has 1 heterocycles. The molecule has 2 rings (SSSR count). The van der Waals surface area contributed by atoms with Gasteiger partial charge in [0.05, 0.1) is 0 Å². The number of halogens is 1. The summed E-state index contributed by atoms with van der Waals surface area (Å²) in [5, 5.41) is 2.74. The largest absolute Gasteiger partial charge is 0.444 e. The van der Waals surface area contributed by atoms with Crippen molar-refractivity contribution in [2.24, 2.45) is 0 Å². The zero-order valence-electron chi connectivity index (χ0n) is 13.3. The quantitative estimate of drug-likeness (QED) is 0.867. The summed E-state index contributed by atoms with van der Waals surface area (Å²) in [7, 11) is 0. The molecule has 0 bridgehead atoms. The van der Waals surface area contributed by atoms with Gasteiger partial charge in [0.2, 0.25) is 5.91 Å². The number of aryl methyl sites for hydroxylation is 1. The molecule has 1 aromatic rings. The number of hydrogen-bond acceptors (Lipinski definition) is 3. The number of ether oxygens (including phenoxy) is 1. The molecular weight excluding hydrogens is 287 g/mol. The van der Waals surface area contributed by atoms with Crippen LogP contribution in [0.3, 0.4) is 0 Å². The Morgan fingerprint density at radius 1 is 1.41 bits per heavy atom. The second-order valence-electron chi connectivity index (χ2n) is 6.37. The fourth-order valence-electron chi connectivity index (χ4n) is 2.44. The van der Waals surface area contributed by atoms with E-state index in [1.165, 1.54) is 23.1 Å². The fraction of sp³-hybridized carbons (Fsp3) is 0.500. The molecule has 0 aromatic heterocycles. The molecule has 0 aliphatic carbocycles. The van der Waals surface area contributed by atoms with Crippen molar-refractivity contribution in [1.82, 2.24) is 10.2 Å². The Balaban J connectivity index is 2.35. The highest BCUT2D eigenvalue weighted by Crippen LogP contribution is 2.28. The van der Waals surface area contributed by atoms with Crippen molar-refractivity contribution in [2.45, 2.75) is 39.3 Å². The summed E-state index contributed by atoms with van der Waals surface area (Å²) >= 11 is 0. The summed E-state index contributed by atoms with van der Waals surface area (Å²) in [6, 6.07) is 3.38. The zero-order valence-corrected chi connectivity index (χ0v) is 13.3. The minimum atomic E-state index is -0.802. The molecule has 1 fully saturated rings. The number of rotatable bonds is 1. The van der Waals surface area contributed by atoms with E-state index in [1.54, 1.807) is 27.7 Å². The normalized spacial score (nSPS) is 18.9. The Morgan fingerprint density at radius 3 is 2.68 bits per heavy atom. The first-order valence-electron chi connectivity index (χ1n) is 7.22. The van der Waals surface area contributed by atoms with Crippen molar-refractivity contribution >= 4 is 12.0 Å².